The molecule has 3 rings (SSSR count). The Bertz CT molecular complexity index is 790. The average Bonchev–Trinajstić information content (AvgIpc) is 3.12. The van der Waals surface area contributed by atoms with Gasteiger partial charge in [-0.1, -0.05) is 12.1 Å². The summed E-state index contributed by atoms with van der Waals surface area (Å²) < 4.78 is 3.67. The Morgan fingerprint density at radius 3 is 2.43 bits per heavy atom. The van der Waals surface area contributed by atoms with Crippen LogP contribution in [0.15, 0.2) is 43.0 Å². The van der Waals surface area contributed by atoms with Crippen LogP contribution in [-0.2, 0) is 13.1 Å². The number of phenolic OH excluding ortho intramolecular Hbond substituents is 1. The molecule has 6 nitrogen and oxygen atoms in total. The fourth-order valence-electron chi connectivity index (χ4n) is 2.78. The van der Waals surface area contributed by atoms with Crippen molar-refractivity contribution in [2.24, 2.45) is 0 Å². The normalized spacial score (nSPS) is 11.0. The van der Waals surface area contributed by atoms with Crippen molar-refractivity contribution in [2.75, 3.05) is 0 Å². The SMILES string of the molecule is Cc1c(-c2ccc(O)cc2)c(O)c(O)n1CCCn1ccnc1. The molecule has 0 aliphatic carbocycles. The van der Waals surface area contributed by atoms with Gasteiger partial charge in [0.25, 0.3) is 0 Å². The largest absolute Gasteiger partial charge is 0.508 e. The van der Waals surface area contributed by atoms with Crippen LogP contribution < -0.4 is 0 Å². The molecular weight excluding hydrogens is 294 g/mol. The summed E-state index contributed by atoms with van der Waals surface area (Å²) in [6.45, 7) is 3.23. The van der Waals surface area contributed by atoms with E-state index in [0.29, 0.717) is 12.1 Å². The number of phenols is 1. The molecule has 0 saturated carbocycles. The Morgan fingerprint density at radius 1 is 1.04 bits per heavy atom. The van der Waals surface area contributed by atoms with Crippen molar-refractivity contribution in [3.05, 3.63) is 48.7 Å². The summed E-state index contributed by atoms with van der Waals surface area (Å²) in [7, 11) is 0. The lowest BCUT2D eigenvalue weighted by Gasteiger charge is -2.08. The van der Waals surface area contributed by atoms with Gasteiger partial charge in [-0.25, -0.2) is 4.98 Å². The molecule has 2 aromatic heterocycles. The molecule has 1 aromatic carbocycles. The van der Waals surface area contributed by atoms with Gasteiger partial charge in [-0.2, -0.15) is 0 Å². The first kappa shape index (κ1) is 15.0. The second-order valence-corrected chi connectivity index (χ2v) is 5.49. The highest BCUT2D eigenvalue weighted by Gasteiger charge is 2.20. The van der Waals surface area contributed by atoms with Gasteiger partial charge in [-0.05, 0) is 31.0 Å². The minimum Gasteiger partial charge on any atom is -0.508 e. The van der Waals surface area contributed by atoms with Crippen LogP contribution in [0.2, 0.25) is 0 Å². The molecule has 120 valence electrons. The van der Waals surface area contributed by atoms with Crippen LogP contribution in [0, 0.1) is 6.92 Å². The lowest BCUT2D eigenvalue weighted by molar-refractivity contribution is 0.366. The van der Waals surface area contributed by atoms with Crippen LogP contribution in [0.25, 0.3) is 11.1 Å². The van der Waals surface area contributed by atoms with E-state index in [4.69, 9.17) is 0 Å². The number of rotatable bonds is 5. The Morgan fingerprint density at radius 2 is 1.78 bits per heavy atom. The van der Waals surface area contributed by atoms with E-state index in [1.807, 2.05) is 17.7 Å². The van der Waals surface area contributed by atoms with Crippen molar-refractivity contribution in [3.63, 3.8) is 0 Å². The molecule has 0 aliphatic rings. The minimum absolute atomic E-state index is 0.129. The molecule has 0 atom stereocenters. The number of aromatic nitrogens is 3. The molecule has 23 heavy (non-hydrogen) atoms. The predicted molar refractivity (Wildman–Crippen MR) is 86.4 cm³/mol. The van der Waals surface area contributed by atoms with Gasteiger partial charge >= 0.3 is 0 Å². The summed E-state index contributed by atoms with van der Waals surface area (Å²) in [5.74, 6) is -0.0955. The summed E-state index contributed by atoms with van der Waals surface area (Å²) >= 11 is 0. The smallest absolute Gasteiger partial charge is 0.235 e. The lowest BCUT2D eigenvalue weighted by Crippen LogP contribution is -2.04. The summed E-state index contributed by atoms with van der Waals surface area (Å²) in [5, 5.41) is 29.9. The van der Waals surface area contributed by atoms with Crippen LogP contribution in [0.4, 0.5) is 0 Å². The van der Waals surface area contributed by atoms with Crippen molar-refractivity contribution in [3.8, 4) is 28.5 Å². The van der Waals surface area contributed by atoms with Crippen molar-refractivity contribution in [2.45, 2.75) is 26.4 Å². The number of imidazole rings is 1. The molecule has 0 amide bonds. The highest BCUT2D eigenvalue weighted by molar-refractivity contribution is 5.76. The monoisotopic (exact) mass is 313 g/mol. The zero-order valence-corrected chi connectivity index (χ0v) is 12.8. The van der Waals surface area contributed by atoms with Gasteiger partial charge in [-0.15, -0.1) is 0 Å². The second-order valence-electron chi connectivity index (χ2n) is 5.49. The van der Waals surface area contributed by atoms with E-state index < -0.39 is 0 Å². The zero-order valence-electron chi connectivity index (χ0n) is 12.8. The molecule has 0 spiro atoms. The topological polar surface area (TPSA) is 83.4 Å². The van der Waals surface area contributed by atoms with Crippen LogP contribution in [0.5, 0.6) is 17.4 Å². The van der Waals surface area contributed by atoms with Gasteiger partial charge in [-0.3, -0.25) is 0 Å². The van der Waals surface area contributed by atoms with E-state index in [0.717, 1.165) is 24.2 Å². The molecule has 0 radical (unpaired) electrons. The first-order valence-electron chi connectivity index (χ1n) is 7.44. The highest BCUT2D eigenvalue weighted by atomic mass is 16.3. The van der Waals surface area contributed by atoms with E-state index >= 15 is 0 Å². The van der Waals surface area contributed by atoms with Gasteiger partial charge in [0.2, 0.25) is 5.88 Å². The quantitative estimate of drug-likeness (QED) is 0.676. The van der Waals surface area contributed by atoms with Gasteiger partial charge in [0.15, 0.2) is 5.75 Å². The third kappa shape index (κ3) is 2.88. The van der Waals surface area contributed by atoms with Crippen LogP contribution >= 0.6 is 0 Å². The fraction of sp³-hybridized carbons (Fsp3) is 0.235. The van der Waals surface area contributed by atoms with Crippen LogP contribution in [0.3, 0.4) is 0 Å². The minimum atomic E-state index is -0.129. The van der Waals surface area contributed by atoms with Crippen molar-refractivity contribution in [1.82, 2.24) is 14.1 Å². The standard InChI is InChI=1S/C17H19N3O3/c1-12-15(13-3-5-14(21)6-4-13)16(22)17(23)20(12)9-2-8-19-10-7-18-11-19/h3-7,10-11,21-23H,2,8-9H2,1H3. The number of hydrogen-bond acceptors (Lipinski definition) is 4. The molecule has 0 fully saturated rings. The first-order chi connectivity index (χ1) is 11.1. The molecular formula is C17H19N3O3. The second kappa shape index (κ2) is 6.08. The molecule has 0 saturated heterocycles. The van der Waals surface area contributed by atoms with E-state index in [-0.39, 0.29) is 17.4 Å². The van der Waals surface area contributed by atoms with E-state index in [1.165, 1.54) is 0 Å². The molecule has 6 heteroatoms. The summed E-state index contributed by atoms with van der Waals surface area (Å²) in [6, 6.07) is 6.54. The molecule has 0 aliphatic heterocycles. The van der Waals surface area contributed by atoms with E-state index in [2.05, 4.69) is 4.98 Å². The maximum absolute atomic E-state index is 10.3. The summed E-state index contributed by atoms with van der Waals surface area (Å²) in [5.41, 5.74) is 2.13. The average molecular weight is 313 g/mol. The van der Waals surface area contributed by atoms with Gasteiger partial charge < -0.3 is 24.5 Å². The fourth-order valence-corrected chi connectivity index (χ4v) is 2.78. The Kier molecular flexibility index (Phi) is 3.97. The third-order valence-corrected chi connectivity index (χ3v) is 3.98. The summed E-state index contributed by atoms with van der Waals surface area (Å²) in [6.07, 6.45) is 6.17. The van der Waals surface area contributed by atoms with Crippen molar-refractivity contribution >= 4 is 0 Å². The van der Waals surface area contributed by atoms with E-state index in [1.54, 1.807) is 41.4 Å². The number of aryl methyl sites for hydroxylation is 1. The van der Waals surface area contributed by atoms with Crippen LogP contribution in [-0.4, -0.2) is 29.4 Å². The lowest BCUT2D eigenvalue weighted by atomic mass is 10.1. The van der Waals surface area contributed by atoms with Gasteiger partial charge in [0.05, 0.1) is 6.33 Å². The van der Waals surface area contributed by atoms with Gasteiger partial charge in [0.1, 0.15) is 5.75 Å². The third-order valence-electron chi connectivity index (χ3n) is 3.98. The molecule has 2 heterocycles. The molecule has 3 N–H and O–H groups in total. The van der Waals surface area contributed by atoms with Crippen molar-refractivity contribution in [1.29, 1.82) is 0 Å². The Hall–Kier alpha value is -2.89. The Labute approximate surface area is 133 Å². The maximum Gasteiger partial charge on any atom is 0.235 e. The molecule has 0 bridgehead atoms. The predicted octanol–water partition coefficient (Wildman–Crippen LogP) is 2.87. The summed E-state index contributed by atoms with van der Waals surface area (Å²) in [4.78, 5) is 3.99. The molecule has 0 unspecified atom stereocenters. The maximum atomic E-state index is 10.3. The van der Waals surface area contributed by atoms with Gasteiger partial charge in [0, 0.05) is 36.7 Å². The van der Waals surface area contributed by atoms with Crippen LogP contribution in [0.1, 0.15) is 12.1 Å². The van der Waals surface area contributed by atoms with E-state index in [9.17, 15) is 15.3 Å². The molecule has 3 aromatic rings. The number of aromatic hydroxyl groups is 3. The highest BCUT2D eigenvalue weighted by Crippen LogP contribution is 2.42. The van der Waals surface area contributed by atoms with Crippen molar-refractivity contribution < 1.29 is 15.3 Å². The Balaban J connectivity index is 1.84. The first-order valence-corrected chi connectivity index (χ1v) is 7.44. The number of hydrogen-bond donors (Lipinski definition) is 3. The zero-order chi connectivity index (χ0) is 16.4. The number of nitrogens with zero attached hydrogens (tertiary/aromatic N) is 3. The number of benzene rings is 1.